The normalized spacial score (nSPS) is 10.4. The number of hydrogen-bond acceptors (Lipinski definition) is 3. The Morgan fingerprint density at radius 3 is 2.53 bits per heavy atom. The molecule has 1 heterocycles. The van der Waals surface area contributed by atoms with E-state index in [0.717, 1.165) is 12.8 Å². The summed E-state index contributed by atoms with van der Waals surface area (Å²) in [6, 6.07) is 7.23. The maximum Gasteiger partial charge on any atom is 0.143 e. The van der Waals surface area contributed by atoms with E-state index in [-0.39, 0.29) is 0 Å². The molecular formula is C14H14Cl2N2O. The third kappa shape index (κ3) is 4.01. The summed E-state index contributed by atoms with van der Waals surface area (Å²) in [5, 5.41) is 0.878. The minimum atomic E-state index is 0.434. The van der Waals surface area contributed by atoms with Crippen molar-refractivity contribution in [2.45, 2.75) is 12.8 Å². The number of aromatic nitrogens is 1. The molecule has 0 saturated carbocycles. The Morgan fingerprint density at radius 1 is 1.11 bits per heavy atom. The number of halogens is 2. The standard InChI is InChI=1S/C14H14Cl2N2O/c15-11-8-13(17)14(9-12(11)16)19-7-1-2-10-3-5-18-6-4-10/h3-6,8-9H,1-2,7,17H2. The molecule has 2 N–H and O–H groups in total. The molecule has 0 fully saturated rings. The van der Waals surface area contributed by atoms with Crippen LogP contribution < -0.4 is 10.5 Å². The number of anilines is 1. The van der Waals surface area contributed by atoms with Gasteiger partial charge in [0.25, 0.3) is 0 Å². The van der Waals surface area contributed by atoms with Gasteiger partial charge in [-0.25, -0.2) is 0 Å². The summed E-state index contributed by atoms with van der Waals surface area (Å²) in [7, 11) is 0. The maximum atomic E-state index is 5.92. The molecule has 0 spiro atoms. The number of ether oxygens (including phenoxy) is 1. The average Bonchev–Trinajstić information content (AvgIpc) is 2.41. The van der Waals surface area contributed by atoms with Gasteiger partial charge in [0, 0.05) is 18.5 Å². The van der Waals surface area contributed by atoms with Gasteiger partial charge in [0.1, 0.15) is 5.75 Å². The third-order valence-corrected chi connectivity index (χ3v) is 3.39. The fraction of sp³-hybridized carbons (Fsp3) is 0.214. The molecule has 1 aromatic carbocycles. The molecule has 0 bridgehead atoms. The third-order valence-electron chi connectivity index (χ3n) is 2.67. The Labute approximate surface area is 122 Å². The Hall–Kier alpha value is -1.45. The van der Waals surface area contributed by atoms with Gasteiger partial charge in [-0.05, 0) is 36.6 Å². The number of rotatable bonds is 5. The highest BCUT2D eigenvalue weighted by atomic mass is 35.5. The molecule has 0 radical (unpaired) electrons. The van der Waals surface area contributed by atoms with E-state index in [9.17, 15) is 0 Å². The van der Waals surface area contributed by atoms with E-state index in [1.54, 1.807) is 24.5 Å². The van der Waals surface area contributed by atoms with Gasteiger partial charge in [0.2, 0.25) is 0 Å². The van der Waals surface area contributed by atoms with Crippen LogP contribution in [-0.4, -0.2) is 11.6 Å². The van der Waals surface area contributed by atoms with Crippen LogP contribution in [0.4, 0.5) is 5.69 Å². The molecule has 3 nitrogen and oxygen atoms in total. The number of nitrogens with two attached hydrogens (primary N) is 1. The number of aryl methyl sites for hydroxylation is 1. The first-order chi connectivity index (χ1) is 9.16. The van der Waals surface area contributed by atoms with E-state index in [4.69, 9.17) is 33.7 Å². The van der Waals surface area contributed by atoms with Gasteiger partial charge in [0.15, 0.2) is 0 Å². The molecule has 1 aromatic heterocycles. The van der Waals surface area contributed by atoms with E-state index < -0.39 is 0 Å². The summed E-state index contributed by atoms with van der Waals surface area (Å²) in [5.41, 5.74) is 7.54. The van der Waals surface area contributed by atoms with Crippen molar-refractivity contribution < 1.29 is 4.74 Å². The van der Waals surface area contributed by atoms with Gasteiger partial charge in [0.05, 0.1) is 22.3 Å². The van der Waals surface area contributed by atoms with Crippen molar-refractivity contribution >= 4 is 28.9 Å². The SMILES string of the molecule is Nc1cc(Cl)c(Cl)cc1OCCCc1ccncc1. The van der Waals surface area contributed by atoms with Crippen LogP contribution in [0.25, 0.3) is 0 Å². The van der Waals surface area contributed by atoms with Gasteiger partial charge < -0.3 is 10.5 Å². The van der Waals surface area contributed by atoms with Gasteiger partial charge in [-0.1, -0.05) is 23.2 Å². The zero-order valence-corrected chi connectivity index (χ0v) is 11.8. The van der Waals surface area contributed by atoms with Gasteiger partial charge in [-0.2, -0.15) is 0 Å². The lowest BCUT2D eigenvalue weighted by Gasteiger charge is -2.10. The van der Waals surface area contributed by atoms with Crippen LogP contribution >= 0.6 is 23.2 Å². The molecular weight excluding hydrogens is 283 g/mol. The smallest absolute Gasteiger partial charge is 0.143 e. The molecule has 0 atom stereocenters. The molecule has 0 aliphatic rings. The molecule has 0 aliphatic carbocycles. The average molecular weight is 297 g/mol. The first-order valence-electron chi connectivity index (χ1n) is 5.93. The van der Waals surface area contributed by atoms with Gasteiger partial charge >= 0.3 is 0 Å². The van der Waals surface area contributed by atoms with Crippen LogP contribution in [0.1, 0.15) is 12.0 Å². The molecule has 0 aliphatic heterocycles. The largest absolute Gasteiger partial charge is 0.491 e. The van der Waals surface area contributed by atoms with Crippen molar-refractivity contribution in [1.82, 2.24) is 4.98 Å². The van der Waals surface area contributed by atoms with Gasteiger partial charge in [-0.3, -0.25) is 4.98 Å². The monoisotopic (exact) mass is 296 g/mol. The number of nitrogens with zero attached hydrogens (tertiary/aromatic N) is 1. The van der Waals surface area contributed by atoms with Crippen LogP contribution in [0, 0.1) is 0 Å². The van der Waals surface area contributed by atoms with Crippen LogP contribution in [-0.2, 0) is 6.42 Å². The molecule has 100 valence electrons. The molecule has 2 rings (SSSR count). The van der Waals surface area contributed by atoms with Crippen molar-refractivity contribution in [2.75, 3.05) is 12.3 Å². The Bertz CT molecular complexity index is 547. The Balaban J connectivity index is 1.85. The molecule has 0 saturated heterocycles. The van der Waals surface area contributed by atoms with Crippen molar-refractivity contribution in [3.8, 4) is 5.75 Å². The Morgan fingerprint density at radius 2 is 1.79 bits per heavy atom. The topological polar surface area (TPSA) is 48.1 Å². The second kappa shape index (κ2) is 6.64. The lowest BCUT2D eigenvalue weighted by molar-refractivity contribution is 0.312. The summed E-state index contributed by atoms with van der Waals surface area (Å²) in [6.45, 7) is 0.574. The molecule has 2 aromatic rings. The predicted molar refractivity (Wildman–Crippen MR) is 78.9 cm³/mol. The van der Waals surface area contributed by atoms with Crippen LogP contribution in [0.5, 0.6) is 5.75 Å². The number of benzene rings is 1. The molecule has 0 unspecified atom stereocenters. The van der Waals surface area contributed by atoms with E-state index in [2.05, 4.69) is 4.98 Å². The van der Waals surface area contributed by atoms with Crippen molar-refractivity contribution in [2.24, 2.45) is 0 Å². The number of hydrogen-bond donors (Lipinski definition) is 1. The second-order valence-electron chi connectivity index (χ2n) is 4.11. The number of pyridine rings is 1. The lowest BCUT2D eigenvalue weighted by Crippen LogP contribution is -2.02. The molecule has 0 amide bonds. The first-order valence-corrected chi connectivity index (χ1v) is 6.68. The highest BCUT2D eigenvalue weighted by Gasteiger charge is 2.06. The van der Waals surface area contributed by atoms with E-state index in [1.165, 1.54) is 5.56 Å². The maximum absolute atomic E-state index is 5.92. The minimum absolute atomic E-state index is 0.434. The van der Waals surface area contributed by atoms with Gasteiger partial charge in [-0.15, -0.1) is 0 Å². The predicted octanol–water partition coefficient (Wildman–Crippen LogP) is 3.98. The summed E-state index contributed by atoms with van der Waals surface area (Å²) in [4.78, 5) is 3.98. The molecule has 19 heavy (non-hydrogen) atoms. The summed E-state index contributed by atoms with van der Waals surface area (Å²) < 4.78 is 5.61. The highest BCUT2D eigenvalue weighted by molar-refractivity contribution is 6.42. The van der Waals surface area contributed by atoms with E-state index in [1.807, 2.05) is 12.1 Å². The van der Waals surface area contributed by atoms with E-state index >= 15 is 0 Å². The second-order valence-corrected chi connectivity index (χ2v) is 4.93. The van der Waals surface area contributed by atoms with Crippen molar-refractivity contribution in [3.63, 3.8) is 0 Å². The van der Waals surface area contributed by atoms with Crippen LogP contribution in [0.3, 0.4) is 0 Å². The summed E-state index contributed by atoms with van der Waals surface area (Å²) in [5.74, 6) is 0.573. The fourth-order valence-corrected chi connectivity index (χ4v) is 2.00. The highest BCUT2D eigenvalue weighted by Crippen LogP contribution is 2.32. The zero-order chi connectivity index (χ0) is 13.7. The summed E-state index contributed by atoms with van der Waals surface area (Å²) in [6.07, 6.45) is 5.40. The Kier molecular flexibility index (Phi) is 4.88. The quantitative estimate of drug-likeness (QED) is 0.670. The fourth-order valence-electron chi connectivity index (χ4n) is 1.68. The van der Waals surface area contributed by atoms with Crippen molar-refractivity contribution in [1.29, 1.82) is 0 Å². The van der Waals surface area contributed by atoms with Crippen LogP contribution in [0.15, 0.2) is 36.7 Å². The summed E-state index contributed by atoms with van der Waals surface area (Å²) >= 11 is 11.8. The van der Waals surface area contributed by atoms with Crippen LogP contribution in [0.2, 0.25) is 10.0 Å². The number of nitrogen functional groups attached to an aromatic ring is 1. The van der Waals surface area contributed by atoms with Crippen molar-refractivity contribution in [3.05, 3.63) is 52.3 Å². The van der Waals surface area contributed by atoms with E-state index in [0.29, 0.717) is 28.1 Å². The first kappa shape index (κ1) is 14.0. The lowest BCUT2D eigenvalue weighted by atomic mass is 10.1. The minimum Gasteiger partial charge on any atom is -0.491 e. The zero-order valence-electron chi connectivity index (χ0n) is 10.3. The molecule has 5 heteroatoms.